The zero-order valence-electron chi connectivity index (χ0n) is 10.1. The van der Waals surface area contributed by atoms with E-state index in [0.717, 1.165) is 35.8 Å². The molecule has 1 aliphatic heterocycles. The molecule has 0 aromatic heterocycles. The van der Waals surface area contributed by atoms with Gasteiger partial charge in [0.1, 0.15) is 0 Å². The van der Waals surface area contributed by atoms with E-state index in [1.54, 1.807) is 0 Å². The number of hydrogen-bond donors (Lipinski definition) is 1. The molecule has 18 heavy (non-hydrogen) atoms. The van der Waals surface area contributed by atoms with Gasteiger partial charge >= 0.3 is 0 Å². The minimum atomic E-state index is 0.0520. The molecule has 1 amide bonds. The van der Waals surface area contributed by atoms with Gasteiger partial charge in [0.25, 0.3) is 0 Å². The van der Waals surface area contributed by atoms with E-state index in [-0.39, 0.29) is 12.5 Å². The van der Waals surface area contributed by atoms with Crippen molar-refractivity contribution >= 4 is 29.3 Å². The van der Waals surface area contributed by atoms with E-state index in [1.165, 1.54) is 0 Å². The van der Waals surface area contributed by atoms with Gasteiger partial charge in [-0.15, -0.1) is 11.8 Å². The third-order valence-electron chi connectivity index (χ3n) is 3.10. The van der Waals surface area contributed by atoms with Crippen molar-refractivity contribution in [3.63, 3.8) is 0 Å². The van der Waals surface area contributed by atoms with Gasteiger partial charge in [0, 0.05) is 23.2 Å². The van der Waals surface area contributed by atoms with Crippen LogP contribution in [0, 0.1) is 0 Å². The summed E-state index contributed by atoms with van der Waals surface area (Å²) in [7, 11) is 0. The molecule has 0 saturated carbocycles. The van der Waals surface area contributed by atoms with Crippen LogP contribution < -0.4 is 5.73 Å². The Morgan fingerprint density at radius 1 is 1.39 bits per heavy atom. The Morgan fingerprint density at radius 3 is 2.67 bits per heavy atom. The quantitative estimate of drug-likeness (QED) is 0.927. The molecule has 2 N–H and O–H groups in total. The number of likely N-dealkylation sites (tertiary alicyclic amines) is 1. The molecule has 0 bridgehead atoms. The highest BCUT2D eigenvalue weighted by molar-refractivity contribution is 8.00. The van der Waals surface area contributed by atoms with Crippen molar-refractivity contribution < 1.29 is 4.79 Å². The zero-order valence-corrected chi connectivity index (χ0v) is 11.7. The van der Waals surface area contributed by atoms with Crippen LogP contribution in [0.3, 0.4) is 0 Å². The average Bonchev–Trinajstić information content (AvgIpc) is 2.41. The van der Waals surface area contributed by atoms with Gasteiger partial charge in [0.05, 0.1) is 11.6 Å². The number of amides is 1. The van der Waals surface area contributed by atoms with Gasteiger partial charge in [-0.25, -0.2) is 0 Å². The molecule has 3 nitrogen and oxygen atoms in total. The minimum absolute atomic E-state index is 0.0520. The van der Waals surface area contributed by atoms with E-state index < -0.39 is 0 Å². The number of halogens is 1. The lowest BCUT2D eigenvalue weighted by molar-refractivity contribution is -0.130. The number of nitrogens with zero attached hydrogens (tertiary/aromatic N) is 1. The van der Waals surface area contributed by atoms with Gasteiger partial charge in [-0.2, -0.15) is 0 Å². The van der Waals surface area contributed by atoms with Crippen molar-refractivity contribution in [1.82, 2.24) is 4.90 Å². The highest BCUT2D eigenvalue weighted by Gasteiger charge is 2.22. The van der Waals surface area contributed by atoms with Crippen molar-refractivity contribution in [2.24, 2.45) is 5.73 Å². The lowest BCUT2D eigenvalue weighted by atomic mass is 10.1. The molecule has 1 aromatic rings. The lowest BCUT2D eigenvalue weighted by Crippen LogP contribution is -2.42. The van der Waals surface area contributed by atoms with Gasteiger partial charge in [-0.05, 0) is 25.0 Å². The SMILES string of the molecule is NCC(=O)N1CCC(Sc2ccccc2Cl)CC1. The summed E-state index contributed by atoms with van der Waals surface area (Å²) in [6.45, 7) is 1.72. The van der Waals surface area contributed by atoms with Crippen LogP contribution in [0.2, 0.25) is 5.02 Å². The van der Waals surface area contributed by atoms with E-state index in [4.69, 9.17) is 17.3 Å². The fourth-order valence-corrected chi connectivity index (χ4v) is 3.48. The molecule has 1 aliphatic rings. The van der Waals surface area contributed by atoms with Crippen molar-refractivity contribution in [1.29, 1.82) is 0 Å². The summed E-state index contributed by atoms with van der Waals surface area (Å²) in [5.41, 5.74) is 5.37. The molecule has 0 atom stereocenters. The average molecular weight is 285 g/mol. The first-order valence-electron chi connectivity index (χ1n) is 6.09. The van der Waals surface area contributed by atoms with E-state index in [2.05, 4.69) is 0 Å². The van der Waals surface area contributed by atoms with Crippen LogP contribution >= 0.6 is 23.4 Å². The standard InChI is InChI=1S/C13H17ClN2OS/c14-11-3-1-2-4-12(11)18-10-5-7-16(8-6-10)13(17)9-15/h1-4,10H,5-9,15H2. The van der Waals surface area contributed by atoms with Crippen LogP contribution in [-0.4, -0.2) is 35.7 Å². The van der Waals surface area contributed by atoms with E-state index >= 15 is 0 Å². The second-order valence-electron chi connectivity index (χ2n) is 4.33. The molecule has 1 aromatic carbocycles. The highest BCUT2D eigenvalue weighted by atomic mass is 35.5. The summed E-state index contributed by atoms with van der Waals surface area (Å²) in [6, 6.07) is 7.90. The number of rotatable bonds is 3. The summed E-state index contributed by atoms with van der Waals surface area (Å²) >= 11 is 7.95. The minimum Gasteiger partial charge on any atom is -0.342 e. The van der Waals surface area contributed by atoms with E-state index in [0.29, 0.717) is 5.25 Å². The summed E-state index contributed by atoms with van der Waals surface area (Å²) in [5, 5.41) is 1.34. The summed E-state index contributed by atoms with van der Waals surface area (Å²) in [6.07, 6.45) is 2.00. The molecule has 0 spiro atoms. The Balaban J connectivity index is 1.87. The van der Waals surface area contributed by atoms with Crippen molar-refractivity contribution in [3.8, 4) is 0 Å². The van der Waals surface area contributed by atoms with Gasteiger partial charge in [-0.3, -0.25) is 4.79 Å². The maximum atomic E-state index is 11.5. The van der Waals surface area contributed by atoms with Gasteiger partial charge in [0.2, 0.25) is 5.91 Å². The first kappa shape index (κ1) is 13.7. The lowest BCUT2D eigenvalue weighted by Gasteiger charge is -2.31. The van der Waals surface area contributed by atoms with Crippen LogP contribution in [0.15, 0.2) is 29.2 Å². The van der Waals surface area contributed by atoms with Gasteiger partial charge in [0.15, 0.2) is 0 Å². The second kappa shape index (κ2) is 6.45. The third-order valence-corrected chi connectivity index (χ3v) is 4.96. The molecule has 0 unspecified atom stereocenters. The molecule has 0 radical (unpaired) electrons. The second-order valence-corrected chi connectivity index (χ2v) is 6.08. The predicted molar refractivity (Wildman–Crippen MR) is 76.0 cm³/mol. The number of thioether (sulfide) groups is 1. The predicted octanol–water partition coefficient (Wildman–Crippen LogP) is 2.38. The molecular weight excluding hydrogens is 268 g/mol. The number of benzene rings is 1. The molecular formula is C13H17ClN2OS. The maximum absolute atomic E-state index is 11.5. The van der Waals surface area contributed by atoms with Gasteiger partial charge in [-0.1, -0.05) is 23.7 Å². The molecule has 5 heteroatoms. The molecule has 1 fully saturated rings. The number of carbonyl (C=O) groups excluding carboxylic acids is 1. The Labute approximate surface area is 117 Å². The third kappa shape index (κ3) is 3.40. The number of piperidine rings is 1. The van der Waals surface area contributed by atoms with Crippen LogP contribution in [0.1, 0.15) is 12.8 Å². The Kier molecular flexibility index (Phi) is 4.92. The molecule has 2 rings (SSSR count). The first-order valence-corrected chi connectivity index (χ1v) is 7.35. The zero-order chi connectivity index (χ0) is 13.0. The Morgan fingerprint density at radius 2 is 2.06 bits per heavy atom. The number of nitrogens with two attached hydrogens (primary N) is 1. The van der Waals surface area contributed by atoms with Crippen molar-refractivity contribution in [2.75, 3.05) is 19.6 Å². The van der Waals surface area contributed by atoms with Crippen molar-refractivity contribution in [2.45, 2.75) is 23.0 Å². The first-order chi connectivity index (χ1) is 8.70. The van der Waals surface area contributed by atoms with Crippen LogP contribution in [0.5, 0.6) is 0 Å². The summed E-state index contributed by atoms with van der Waals surface area (Å²) < 4.78 is 0. The Bertz CT molecular complexity index is 419. The monoisotopic (exact) mass is 284 g/mol. The Hall–Kier alpha value is -0.710. The molecule has 0 aliphatic carbocycles. The van der Waals surface area contributed by atoms with Gasteiger partial charge < -0.3 is 10.6 Å². The van der Waals surface area contributed by atoms with Crippen LogP contribution in [-0.2, 0) is 4.79 Å². The molecule has 1 saturated heterocycles. The normalized spacial score (nSPS) is 16.9. The maximum Gasteiger partial charge on any atom is 0.236 e. The number of hydrogen-bond acceptors (Lipinski definition) is 3. The van der Waals surface area contributed by atoms with Crippen LogP contribution in [0.4, 0.5) is 0 Å². The highest BCUT2D eigenvalue weighted by Crippen LogP contribution is 2.34. The topological polar surface area (TPSA) is 46.3 Å². The van der Waals surface area contributed by atoms with E-state index in [1.807, 2.05) is 40.9 Å². The summed E-state index contributed by atoms with van der Waals surface area (Å²) in [4.78, 5) is 14.4. The van der Waals surface area contributed by atoms with E-state index in [9.17, 15) is 4.79 Å². The molecule has 98 valence electrons. The fraction of sp³-hybridized carbons (Fsp3) is 0.462. The number of carbonyl (C=O) groups is 1. The summed E-state index contributed by atoms with van der Waals surface area (Å²) in [5.74, 6) is 0.0520. The largest absolute Gasteiger partial charge is 0.342 e. The fourth-order valence-electron chi connectivity index (χ4n) is 2.07. The van der Waals surface area contributed by atoms with Crippen molar-refractivity contribution in [3.05, 3.63) is 29.3 Å². The van der Waals surface area contributed by atoms with Crippen LogP contribution in [0.25, 0.3) is 0 Å². The smallest absolute Gasteiger partial charge is 0.236 e. The molecule has 1 heterocycles.